The van der Waals surface area contributed by atoms with Crippen molar-refractivity contribution in [1.29, 1.82) is 0 Å². The first-order valence-corrected chi connectivity index (χ1v) is 7.68. The minimum Gasteiger partial charge on any atom is -0.463 e. The topological polar surface area (TPSA) is 31.7 Å². The highest BCUT2D eigenvalue weighted by Gasteiger charge is 2.20. The molecule has 2 heterocycles. The number of furan rings is 1. The van der Waals surface area contributed by atoms with Gasteiger partial charge >= 0.3 is 0 Å². The lowest BCUT2D eigenvalue weighted by molar-refractivity contribution is 0.148. The van der Waals surface area contributed by atoms with E-state index in [4.69, 9.17) is 4.42 Å². The highest BCUT2D eigenvalue weighted by molar-refractivity contribution is 5.20. The van der Waals surface area contributed by atoms with Crippen LogP contribution in [0.5, 0.6) is 0 Å². The predicted octanol–water partition coefficient (Wildman–Crippen LogP) is 2.08. The third kappa shape index (κ3) is 4.33. The molecule has 0 bridgehead atoms. The molecule has 1 aliphatic heterocycles. The number of nitrogens with one attached hydrogen (secondary N) is 1. The lowest BCUT2D eigenvalue weighted by Crippen LogP contribution is -2.36. The van der Waals surface area contributed by atoms with E-state index >= 15 is 0 Å². The van der Waals surface area contributed by atoms with Gasteiger partial charge in [-0.25, -0.2) is 0 Å². The van der Waals surface area contributed by atoms with Gasteiger partial charge in [-0.3, -0.25) is 4.90 Å². The first kappa shape index (κ1) is 15.5. The second-order valence-electron chi connectivity index (χ2n) is 6.33. The van der Waals surface area contributed by atoms with Crippen molar-refractivity contribution < 1.29 is 4.42 Å². The van der Waals surface area contributed by atoms with Crippen molar-refractivity contribution in [3.8, 4) is 0 Å². The summed E-state index contributed by atoms with van der Waals surface area (Å²) in [5.41, 5.74) is 1.26. The van der Waals surface area contributed by atoms with Crippen LogP contribution in [0.1, 0.15) is 29.9 Å². The van der Waals surface area contributed by atoms with E-state index in [0.717, 1.165) is 30.5 Å². The molecule has 1 aliphatic rings. The fraction of sp³-hybridized carbons (Fsp3) is 0.750. The number of aryl methyl sites for hydroxylation is 1. The Morgan fingerprint density at radius 3 is 2.65 bits per heavy atom. The van der Waals surface area contributed by atoms with E-state index in [1.54, 1.807) is 0 Å². The maximum Gasteiger partial charge on any atom is 0.120 e. The highest BCUT2D eigenvalue weighted by Crippen LogP contribution is 2.21. The van der Waals surface area contributed by atoms with Crippen LogP contribution in [-0.2, 0) is 13.1 Å². The molecule has 0 aromatic carbocycles. The number of piperidine rings is 1. The molecule has 0 aliphatic carbocycles. The predicted molar refractivity (Wildman–Crippen MR) is 82.8 cm³/mol. The molecule has 0 unspecified atom stereocenters. The molecule has 1 aromatic heterocycles. The third-order valence-electron chi connectivity index (χ3n) is 4.12. The Bertz CT molecular complexity index is 406. The van der Waals surface area contributed by atoms with Gasteiger partial charge in [0, 0.05) is 6.54 Å². The average molecular weight is 279 g/mol. The number of nitrogens with zero attached hydrogens (tertiary/aromatic N) is 2. The fourth-order valence-electron chi connectivity index (χ4n) is 3.07. The van der Waals surface area contributed by atoms with Crippen LogP contribution in [0.15, 0.2) is 10.5 Å². The molecule has 0 spiro atoms. The summed E-state index contributed by atoms with van der Waals surface area (Å²) in [5.74, 6) is 3.04. The quantitative estimate of drug-likeness (QED) is 0.864. The van der Waals surface area contributed by atoms with Crippen LogP contribution in [0.25, 0.3) is 0 Å². The molecule has 1 saturated heterocycles. The van der Waals surface area contributed by atoms with Crippen LogP contribution in [0.3, 0.4) is 0 Å². The molecule has 20 heavy (non-hydrogen) atoms. The first-order valence-electron chi connectivity index (χ1n) is 7.68. The summed E-state index contributed by atoms with van der Waals surface area (Å²) in [6.45, 7) is 7.51. The second-order valence-corrected chi connectivity index (χ2v) is 6.33. The Morgan fingerprint density at radius 1 is 1.35 bits per heavy atom. The van der Waals surface area contributed by atoms with Crippen molar-refractivity contribution in [3.05, 3.63) is 23.2 Å². The zero-order chi connectivity index (χ0) is 14.5. The molecule has 4 nitrogen and oxygen atoms in total. The van der Waals surface area contributed by atoms with Crippen LogP contribution in [0.4, 0.5) is 0 Å². The van der Waals surface area contributed by atoms with Gasteiger partial charge in [0.2, 0.25) is 0 Å². The Kier molecular flexibility index (Phi) is 5.64. The van der Waals surface area contributed by atoms with Crippen LogP contribution >= 0.6 is 0 Å². The summed E-state index contributed by atoms with van der Waals surface area (Å²) in [6, 6.07) is 2.19. The number of likely N-dealkylation sites (tertiary alicyclic amines) is 1. The largest absolute Gasteiger partial charge is 0.463 e. The van der Waals surface area contributed by atoms with E-state index < -0.39 is 0 Å². The summed E-state index contributed by atoms with van der Waals surface area (Å²) in [6.07, 6.45) is 2.61. The van der Waals surface area contributed by atoms with Crippen LogP contribution in [0, 0.1) is 12.8 Å². The van der Waals surface area contributed by atoms with Crippen LogP contribution in [-0.4, -0.2) is 50.6 Å². The van der Waals surface area contributed by atoms with Crippen molar-refractivity contribution in [3.63, 3.8) is 0 Å². The Labute approximate surface area is 123 Å². The molecular weight excluding hydrogens is 250 g/mol. The Hall–Kier alpha value is -0.840. The van der Waals surface area contributed by atoms with Gasteiger partial charge in [0.1, 0.15) is 11.5 Å². The maximum absolute atomic E-state index is 5.94. The van der Waals surface area contributed by atoms with Crippen molar-refractivity contribution >= 4 is 0 Å². The van der Waals surface area contributed by atoms with E-state index in [0.29, 0.717) is 0 Å². The molecule has 0 amide bonds. The summed E-state index contributed by atoms with van der Waals surface area (Å²) < 4.78 is 5.94. The van der Waals surface area contributed by atoms with Gasteiger partial charge in [-0.1, -0.05) is 0 Å². The summed E-state index contributed by atoms with van der Waals surface area (Å²) >= 11 is 0. The van der Waals surface area contributed by atoms with E-state index in [9.17, 15) is 0 Å². The van der Waals surface area contributed by atoms with Crippen molar-refractivity contribution in [2.24, 2.45) is 5.92 Å². The number of hydrogen-bond acceptors (Lipinski definition) is 4. The highest BCUT2D eigenvalue weighted by atomic mass is 16.3. The molecule has 1 N–H and O–H groups in total. The number of hydrogen-bond donors (Lipinski definition) is 1. The smallest absolute Gasteiger partial charge is 0.120 e. The van der Waals surface area contributed by atoms with Gasteiger partial charge in [-0.05, 0) is 71.5 Å². The van der Waals surface area contributed by atoms with Gasteiger partial charge in [0.15, 0.2) is 0 Å². The maximum atomic E-state index is 5.94. The Morgan fingerprint density at radius 2 is 2.05 bits per heavy atom. The molecule has 1 fully saturated rings. The molecule has 2 rings (SSSR count). The van der Waals surface area contributed by atoms with Gasteiger partial charge in [-0.2, -0.15) is 0 Å². The van der Waals surface area contributed by atoms with Crippen molar-refractivity contribution in [2.75, 3.05) is 40.8 Å². The number of rotatable bonds is 6. The fourth-order valence-corrected chi connectivity index (χ4v) is 3.07. The van der Waals surface area contributed by atoms with E-state index in [2.05, 4.69) is 42.2 Å². The van der Waals surface area contributed by atoms with E-state index in [-0.39, 0.29) is 0 Å². The second kappa shape index (κ2) is 7.25. The molecular formula is C16H29N3O. The van der Waals surface area contributed by atoms with E-state index in [1.165, 1.54) is 38.0 Å². The van der Waals surface area contributed by atoms with Gasteiger partial charge < -0.3 is 14.6 Å². The van der Waals surface area contributed by atoms with Crippen molar-refractivity contribution in [2.45, 2.75) is 32.9 Å². The SMILES string of the molecule is CNCc1oc(CN2CCC(CN(C)C)CC2)cc1C. The monoisotopic (exact) mass is 279 g/mol. The van der Waals surface area contributed by atoms with Gasteiger partial charge in [0.25, 0.3) is 0 Å². The molecule has 0 saturated carbocycles. The normalized spacial score (nSPS) is 18.1. The lowest BCUT2D eigenvalue weighted by Gasteiger charge is -2.32. The zero-order valence-corrected chi connectivity index (χ0v) is 13.4. The van der Waals surface area contributed by atoms with Gasteiger partial charge in [-0.15, -0.1) is 0 Å². The molecule has 114 valence electrons. The summed E-state index contributed by atoms with van der Waals surface area (Å²) in [5, 5.41) is 3.15. The van der Waals surface area contributed by atoms with Gasteiger partial charge in [0.05, 0.1) is 13.1 Å². The standard InChI is InChI=1S/C16H29N3O/c1-13-9-15(20-16(13)10-17-2)12-19-7-5-14(6-8-19)11-18(3)4/h9,14,17H,5-8,10-12H2,1-4H3. The third-order valence-corrected chi connectivity index (χ3v) is 4.12. The minimum atomic E-state index is 0.816. The molecule has 0 atom stereocenters. The van der Waals surface area contributed by atoms with Crippen LogP contribution < -0.4 is 5.32 Å². The lowest BCUT2D eigenvalue weighted by atomic mass is 9.96. The average Bonchev–Trinajstić information content (AvgIpc) is 2.72. The Balaban J connectivity index is 1.82. The first-order chi connectivity index (χ1) is 9.58. The molecule has 1 aromatic rings. The van der Waals surface area contributed by atoms with Crippen molar-refractivity contribution in [1.82, 2.24) is 15.1 Å². The summed E-state index contributed by atoms with van der Waals surface area (Å²) in [4.78, 5) is 4.83. The molecule has 0 radical (unpaired) electrons. The minimum absolute atomic E-state index is 0.816. The summed E-state index contributed by atoms with van der Waals surface area (Å²) in [7, 11) is 6.29. The molecule has 4 heteroatoms. The van der Waals surface area contributed by atoms with Crippen LogP contribution in [0.2, 0.25) is 0 Å². The van der Waals surface area contributed by atoms with E-state index in [1.807, 2.05) is 7.05 Å². The zero-order valence-electron chi connectivity index (χ0n) is 13.4.